The van der Waals surface area contributed by atoms with Crippen LogP contribution < -0.4 is 0 Å². The highest BCUT2D eigenvalue weighted by Crippen LogP contribution is 2.41. The van der Waals surface area contributed by atoms with E-state index in [1.54, 1.807) is 30.7 Å². The van der Waals surface area contributed by atoms with Crippen molar-refractivity contribution in [2.75, 3.05) is 19.6 Å². The zero-order valence-corrected chi connectivity index (χ0v) is 14.7. The highest BCUT2D eigenvalue weighted by molar-refractivity contribution is 5.94. The predicted molar refractivity (Wildman–Crippen MR) is 96.1 cm³/mol. The molecule has 2 aliphatic heterocycles. The average Bonchev–Trinajstić information content (AvgIpc) is 2.98. The van der Waals surface area contributed by atoms with E-state index in [4.69, 9.17) is 0 Å². The summed E-state index contributed by atoms with van der Waals surface area (Å²) in [7, 11) is 0. The number of rotatable bonds is 3. The molecule has 0 aliphatic carbocycles. The third kappa shape index (κ3) is 3.31. The molecule has 1 spiro atoms. The van der Waals surface area contributed by atoms with Crippen LogP contribution in [0.15, 0.2) is 49.1 Å². The summed E-state index contributed by atoms with van der Waals surface area (Å²) in [6, 6.07) is 7.40. The van der Waals surface area contributed by atoms with Crippen molar-refractivity contribution in [3.05, 3.63) is 60.2 Å². The Morgan fingerprint density at radius 3 is 2.54 bits per heavy atom. The molecule has 2 aliphatic rings. The van der Waals surface area contributed by atoms with E-state index in [0.29, 0.717) is 31.6 Å². The summed E-state index contributed by atoms with van der Waals surface area (Å²) in [5, 5.41) is 0. The highest BCUT2D eigenvalue weighted by Gasteiger charge is 2.45. The van der Waals surface area contributed by atoms with Crippen LogP contribution in [0.25, 0.3) is 0 Å². The molecule has 2 aromatic heterocycles. The van der Waals surface area contributed by atoms with Crippen molar-refractivity contribution < 1.29 is 9.59 Å². The van der Waals surface area contributed by atoms with Crippen LogP contribution in [-0.2, 0) is 11.3 Å². The van der Waals surface area contributed by atoms with E-state index in [-0.39, 0.29) is 17.2 Å². The first-order valence-corrected chi connectivity index (χ1v) is 9.01. The second-order valence-corrected chi connectivity index (χ2v) is 7.32. The van der Waals surface area contributed by atoms with Gasteiger partial charge in [-0.3, -0.25) is 19.6 Å². The minimum atomic E-state index is 0.00825. The lowest BCUT2D eigenvalue weighted by Crippen LogP contribution is -2.44. The quantitative estimate of drug-likeness (QED) is 0.851. The summed E-state index contributed by atoms with van der Waals surface area (Å²) in [5.74, 6) is 0.265. The molecule has 0 atom stereocenters. The maximum Gasteiger partial charge on any atom is 0.253 e. The molecule has 0 unspecified atom stereocenters. The Bertz CT molecular complexity index is 786. The minimum absolute atomic E-state index is 0.00825. The van der Waals surface area contributed by atoms with Crippen molar-refractivity contribution in [1.29, 1.82) is 0 Å². The molecule has 26 heavy (non-hydrogen) atoms. The second-order valence-electron chi connectivity index (χ2n) is 7.32. The van der Waals surface area contributed by atoms with Gasteiger partial charge in [-0.05, 0) is 36.6 Å². The van der Waals surface area contributed by atoms with E-state index in [9.17, 15) is 9.59 Å². The Labute approximate surface area is 152 Å². The lowest BCUT2D eigenvalue weighted by Gasteiger charge is -2.38. The third-order valence-corrected chi connectivity index (χ3v) is 5.54. The summed E-state index contributed by atoms with van der Waals surface area (Å²) >= 11 is 0. The van der Waals surface area contributed by atoms with Crippen molar-refractivity contribution >= 4 is 11.8 Å². The number of carbonyl (C=O) groups is 2. The standard InChI is InChI=1S/C20H22N4O2/c25-18-12-20(15-24(18)14-16-2-1-7-22-13-16)5-10-23(11-6-20)19(26)17-3-8-21-9-4-17/h1-4,7-9,13H,5-6,10-12,14-15H2. The summed E-state index contributed by atoms with van der Waals surface area (Å²) in [6.45, 7) is 2.80. The van der Waals surface area contributed by atoms with E-state index in [1.807, 2.05) is 28.1 Å². The smallest absolute Gasteiger partial charge is 0.253 e. The number of pyridine rings is 2. The number of aromatic nitrogens is 2. The molecule has 2 saturated heterocycles. The molecule has 0 saturated carbocycles. The number of nitrogens with zero attached hydrogens (tertiary/aromatic N) is 4. The fourth-order valence-corrected chi connectivity index (χ4v) is 4.03. The number of likely N-dealkylation sites (tertiary alicyclic amines) is 2. The maximum absolute atomic E-state index is 12.6. The molecule has 2 fully saturated rings. The van der Waals surface area contributed by atoms with E-state index in [0.717, 1.165) is 24.9 Å². The van der Waals surface area contributed by atoms with Crippen LogP contribution in [0.3, 0.4) is 0 Å². The van der Waals surface area contributed by atoms with Crippen LogP contribution in [0.2, 0.25) is 0 Å². The molecule has 6 heteroatoms. The molecule has 0 N–H and O–H groups in total. The monoisotopic (exact) mass is 350 g/mol. The lowest BCUT2D eigenvalue weighted by atomic mass is 9.77. The number of carbonyl (C=O) groups excluding carboxylic acids is 2. The summed E-state index contributed by atoms with van der Waals surface area (Å²) < 4.78 is 0. The van der Waals surface area contributed by atoms with Crippen LogP contribution in [0.5, 0.6) is 0 Å². The van der Waals surface area contributed by atoms with Crippen LogP contribution >= 0.6 is 0 Å². The van der Waals surface area contributed by atoms with Crippen molar-refractivity contribution in [3.8, 4) is 0 Å². The third-order valence-electron chi connectivity index (χ3n) is 5.54. The van der Waals surface area contributed by atoms with Gasteiger partial charge in [0.2, 0.25) is 5.91 Å². The van der Waals surface area contributed by atoms with Gasteiger partial charge in [0.1, 0.15) is 0 Å². The van der Waals surface area contributed by atoms with Gasteiger partial charge in [-0.25, -0.2) is 0 Å². The Balaban J connectivity index is 1.38. The fourth-order valence-electron chi connectivity index (χ4n) is 4.03. The first kappa shape index (κ1) is 16.7. The van der Waals surface area contributed by atoms with Crippen molar-refractivity contribution in [2.45, 2.75) is 25.8 Å². The number of hydrogen-bond donors (Lipinski definition) is 0. The normalized spacial score (nSPS) is 19.2. The second kappa shape index (κ2) is 6.86. The average molecular weight is 350 g/mol. The molecular weight excluding hydrogens is 328 g/mol. The van der Waals surface area contributed by atoms with Crippen LogP contribution in [0, 0.1) is 5.41 Å². The minimum Gasteiger partial charge on any atom is -0.339 e. The largest absolute Gasteiger partial charge is 0.339 e. The van der Waals surface area contributed by atoms with E-state index in [2.05, 4.69) is 9.97 Å². The Hall–Kier alpha value is -2.76. The van der Waals surface area contributed by atoms with Gasteiger partial charge in [0, 0.05) is 68.4 Å². The summed E-state index contributed by atoms with van der Waals surface area (Å²) in [5.41, 5.74) is 1.74. The molecule has 0 radical (unpaired) electrons. The van der Waals surface area contributed by atoms with Gasteiger partial charge >= 0.3 is 0 Å². The zero-order valence-electron chi connectivity index (χ0n) is 14.7. The van der Waals surface area contributed by atoms with Crippen molar-refractivity contribution in [1.82, 2.24) is 19.8 Å². The van der Waals surface area contributed by atoms with Gasteiger partial charge in [-0.2, -0.15) is 0 Å². The molecule has 0 bridgehead atoms. The molecule has 2 aromatic rings. The summed E-state index contributed by atoms with van der Waals surface area (Å²) in [4.78, 5) is 37.0. The topological polar surface area (TPSA) is 66.4 Å². The Morgan fingerprint density at radius 2 is 1.85 bits per heavy atom. The predicted octanol–water partition coefficient (Wildman–Crippen LogP) is 2.13. The van der Waals surface area contributed by atoms with Crippen LogP contribution in [0.4, 0.5) is 0 Å². The van der Waals surface area contributed by atoms with Crippen LogP contribution in [0.1, 0.15) is 35.2 Å². The van der Waals surface area contributed by atoms with Crippen molar-refractivity contribution in [2.24, 2.45) is 5.41 Å². The molecule has 4 heterocycles. The molecular formula is C20H22N4O2. The number of amides is 2. The van der Waals surface area contributed by atoms with E-state index < -0.39 is 0 Å². The van der Waals surface area contributed by atoms with E-state index >= 15 is 0 Å². The molecule has 2 amide bonds. The van der Waals surface area contributed by atoms with Gasteiger partial charge in [-0.15, -0.1) is 0 Å². The number of piperidine rings is 1. The molecule has 0 aromatic carbocycles. The first-order chi connectivity index (χ1) is 12.7. The molecule has 6 nitrogen and oxygen atoms in total. The van der Waals surface area contributed by atoms with Gasteiger partial charge < -0.3 is 9.80 Å². The van der Waals surface area contributed by atoms with Gasteiger partial charge in [-0.1, -0.05) is 6.07 Å². The van der Waals surface area contributed by atoms with Gasteiger partial charge in [0.25, 0.3) is 5.91 Å². The lowest BCUT2D eigenvalue weighted by molar-refractivity contribution is -0.128. The van der Waals surface area contributed by atoms with Crippen LogP contribution in [-0.4, -0.2) is 51.2 Å². The van der Waals surface area contributed by atoms with Crippen molar-refractivity contribution in [3.63, 3.8) is 0 Å². The highest BCUT2D eigenvalue weighted by atomic mass is 16.2. The van der Waals surface area contributed by atoms with Gasteiger partial charge in [0.05, 0.1) is 0 Å². The van der Waals surface area contributed by atoms with Gasteiger partial charge in [0.15, 0.2) is 0 Å². The Kier molecular flexibility index (Phi) is 4.41. The van der Waals surface area contributed by atoms with E-state index in [1.165, 1.54) is 0 Å². The Morgan fingerprint density at radius 1 is 1.08 bits per heavy atom. The molecule has 134 valence electrons. The molecule has 4 rings (SSSR count). The number of hydrogen-bond acceptors (Lipinski definition) is 4. The fraction of sp³-hybridized carbons (Fsp3) is 0.400. The summed E-state index contributed by atoms with van der Waals surface area (Å²) in [6.07, 6.45) is 9.18. The SMILES string of the molecule is O=C1CC2(CCN(C(=O)c3ccncc3)CC2)CN1Cc1cccnc1. The first-order valence-electron chi connectivity index (χ1n) is 9.01. The maximum atomic E-state index is 12.6. The zero-order chi connectivity index (χ0) is 18.0.